The molecule has 0 saturated carbocycles. The Hall–Kier alpha value is -1.98. The maximum Gasteiger partial charge on any atom is 0.308 e. The summed E-state index contributed by atoms with van der Waals surface area (Å²) < 4.78 is 31.3. The molecule has 4 nitrogen and oxygen atoms in total. The average Bonchev–Trinajstić information content (AvgIpc) is 2.59. The number of carboxylic acids is 1. The van der Waals surface area contributed by atoms with Gasteiger partial charge in [0.05, 0.1) is 18.0 Å². The van der Waals surface area contributed by atoms with E-state index in [0.29, 0.717) is 0 Å². The first-order valence-electron chi connectivity index (χ1n) is 4.02. The van der Waals surface area contributed by atoms with Gasteiger partial charge in [-0.25, -0.2) is 8.78 Å². The normalized spacial score (nSPS) is 10.8. The topological polar surface area (TPSA) is 63.3 Å². The first kappa shape index (κ1) is 9.57. The highest BCUT2D eigenvalue weighted by Gasteiger charge is 2.18. The first-order valence-corrected chi connectivity index (χ1v) is 4.02. The number of nitrogens with zero attached hydrogens (tertiary/aromatic N) is 1. The highest BCUT2D eigenvalue weighted by molar-refractivity contribution is 5.80. The lowest BCUT2D eigenvalue weighted by Gasteiger charge is -2.01. The Morgan fingerprint density at radius 1 is 1.53 bits per heavy atom. The zero-order valence-corrected chi connectivity index (χ0v) is 7.33. The molecule has 0 bridgehead atoms. The van der Waals surface area contributed by atoms with Gasteiger partial charge >= 0.3 is 5.97 Å². The van der Waals surface area contributed by atoms with E-state index in [2.05, 4.69) is 9.68 Å². The van der Waals surface area contributed by atoms with Crippen LogP contribution in [0.4, 0.5) is 8.78 Å². The van der Waals surface area contributed by atoms with Gasteiger partial charge in [-0.15, -0.1) is 0 Å². The van der Waals surface area contributed by atoms with Gasteiger partial charge < -0.3 is 9.63 Å². The molecule has 1 aromatic carbocycles. The van der Waals surface area contributed by atoms with Crippen molar-refractivity contribution in [3.63, 3.8) is 0 Å². The van der Waals surface area contributed by atoms with E-state index in [4.69, 9.17) is 5.11 Å². The van der Waals surface area contributed by atoms with Crippen LogP contribution in [0.2, 0.25) is 0 Å². The molecule has 0 aliphatic rings. The molecule has 0 aliphatic carbocycles. The minimum absolute atomic E-state index is 0.0207. The SMILES string of the molecule is O=C(O)Cc1c(F)cc2oncc2c1F. The van der Waals surface area contributed by atoms with Gasteiger partial charge in [-0.3, -0.25) is 4.79 Å². The van der Waals surface area contributed by atoms with Crippen molar-refractivity contribution in [3.05, 3.63) is 29.5 Å². The molecule has 0 spiro atoms. The van der Waals surface area contributed by atoms with E-state index in [1.54, 1.807) is 0 Å². The number of aliphatic carboxylic acids is 1. The van der Waals surface area contributed by atoms with E-state index in [9.17, 15) is 13.6 Å². The molecule has 1 heterocycles. The smallest absolute Gasteiger partial charge is 0.308 e. The predicted octanol–water partition coefficient (Wildman–Crippen LogP) is 1.73. The molecule has 0 radical (unpaired) electrons. The molecule has 15 heavy (non-hydrogen) atoms. The monoisotopic (exact) mass is 213 g/mol. The Balaban J connectivity index is 2.66. The minimum Gasteiger partial charge on any atom is -0.481 e. The Kier molecular flexibility index (Phi) is 2.11. The second kappa shape index (κ2) is 3.30. The zero-order chi connectivity index (χ0) is 11.0. The Morgan fingerprint density at radius 2 is 2.27 bits per heavy atom. The van der Waals surface area contributed by atoms with Gasteiger partial charge in [-0.05, 0) is 0 Å². The lowest BCUT2D eigenvalue weighted by atomic mass is 10.1. The van der Waals surface area contributed by atoms with E-state index in [0.717, 1.165) is 12.3 Å². The van der Waals surface area contributed by atoms with Crippen molar-refractivity contribution in [2.45, 2.75) is 6.42 Å². The summed E-state index contributed by atoms with van der Waals surface area (Å²) in [4.78, 5) is 10.4. The van der Waals surface area contributed by atoms with Crippen molar-refractivity contribution >= 4 is 16.9 Å². The van der Waals surface area contributed by atoms with Gasteiger partial charge in [0.25, 0.3) is 0 Å². The molecular weight excluding hydrogens is 208 g/mol. The highest BCUT2D eigenvalue weighted by atomic mass is 19.1. The summed E-state index contributed by atoms with van der Waals surface area (Å²) in [7, 11) is 0. The molecule has 2 rings (SSSR count). The maximum atomic E-state index is 13.5. The summed E-state index contributed by atoms with van der Waals surface area (Å²) in [5, 5.41) is 11.7. The number of benzene rings is 1. The lowest BCUT2D eigenvalue weighted by molar-refractivity contribution is -0.136. The number of carbonyl (C=O) groups is 1. The summed E-state index contributed by atoms with van der Waals surface area (Å²) in [6.45, 7) is 0. The Labute approximate surface area is 82.1 Å². The van der Waals surface area contributed by atoms with Gasteiger partial charge in [-0.2, -0.15) is 0 Å². The number of halogens is 2. The van der Waals surface area contributed by atoms with Crippen LogP contribution < -0.4 is 0 Å². The van der Waals surface area contributed by atoms with Crippen LogP contribution in [0.25, 0.3) is 11.0 Å². The molecule has 0 saturated heterocycles. The molecular formula is C9H5F2NO3. The van der Waals surface area contributed by atoms with Gasteiger partial charge in [0.15, 0.2) is 5.58 Å². The molecule has 0 unspecified atom stereocenters. The number of hydrogen-bond acceptors (Lipinski definition) is 3. The molecule has 0 aliphatic heterocycles. The van der Waals surface area contributed by atoms with Crippen molar-refractivity contribution in [2.24, 2.45) is 0 Å². The second-order valence-electron chi connectivity index (χ2n) is 2.96. The number of rotatable bonds is 2. The van der Waals surface area contributed by atoms with E-state index < -0.39 is 29.6 Å². The summed E-state index contributed by atoms with van der Waals surface area (Å²) >= 11 is 0. The zero-order valence-electron chi connectivity index (χ0n) is 7.33. The Morgan fingerprint density at radius 3 is 2.93 bits per heavy atom. The van der Waals surface area contributed by atoms with Crippen LogP contribution in [0.5, 0.6) is 0 Å². The van der Waals surface area contributed by atoms with Crippen LogP contribution in [0.3, 0.4) is 0 Å². The predicted molar refractivity (Wildman–Crippen MR) is 45.3 cm³/mol. The van der Waals surface area contributed by atoms with E-state index in [1.807, 2.05) is 0 Å². The number of carboxylic acid groups (broad SMARTS) is 1. The number of fused-ring (bicyclic) bond motifs is 1. The fraction of sp³-hybridized carbons (Fsp3) is 0.111. The van der Waals surface area contributed by atoms with Gasteiger partial charge in [-0.1, -0.05) is 5.16 Å². The van der Waals surface area contributed by atoms with Crippen molar-refractivity contribution in [1.82, 2.24) is 5.16 Å². The second-order valence-corrected chi connectivity index (χ2v) is 2.96. The van der Waals surface area contributed by atoms with E-state index in [1.165, 1.54) is 0 Å². The molecule has 0 atom stereocenters. The van der Waals surface area contributed by atoms with Crippen molar-refractivity contribution in [1.29, 1.82) is 0 Å². The molecule has 0 amide bonds. The van der Waals surface area contributed by atoms with Crippen LogP contribution in [-0.2, 0) is 11.2 Å². The van der Waals surface area contributed by atoms with Gasteiger partial charge in [0.2, 0.25) is 0 Å². The van der Waals surface area contributed by atoms with Crippen LogP contribution in [-0.4, -0.2) is 16.2 Å². The fourth-order valence-corrected chi connectivity index (χ4v) is 1.30. The van der Waals surface area contributed by atoms with Gasteiger partial charge in [0.1, 0.15) is 11.6 Å². The van der Waals surface area contributed by atoms with Crippen molar-refractivity contribution in [2.75, 3.05) is 0 Å². The summed E-state index contributed by atoms with van der Waals surface area (Å²) in [6, 6.07) is 0.920. The summed E-state index contributed by atoms with van der Waals surface area (Å²) in [5.74, 6) is -3.18. The quantitative estimate of drug-likeness (QED) is 0.825. The van der Waals surface area contributed by atoms with Gasteiger partial charge in [0, 0.05) is 11.6 Å². The molecule has 1 N–H and O–H groups in total. The number of hydrogen-bond donors (Lipinski definition) is 1. The largest absolute Gasteiger partial charge is 0.481 e. The molecule has 78 valence electrons. The standard InChI is InChI=1S/C9H5F2NO3/c10-6-2-7-5(3-12-15-7)9(11)4(6)1-8(13)14/h2-3H,1H2,(H,13,14). The summed E-state index contributed by atoms with van der Waals surface area (Å²) in [6.07, 6.45) is 0.369. The average molecular weight is 213 g/mol. The molecule has 0 fully saturated rings. The highest BCUT2D eigenvalue weighted by Crippen LogP contribution is 2.24. The third-order valence-electron chi connectivity index (χ3n) is 1.97. The fourth-order valence-electron chi connectivity index (χ4n) is 1.30. The third-order valence-corrected chi connectivity index (χ3v) is 1.97. The van der Waals surface area contributed by atoms with Crippen LogP contribution in [0, 0.1) is 11.6 Å². The Bertz CT molecular complexity index is 535. The van der Waals surface area contributed by atoms with Crippen LogP contribution >= 0.6 is 0 Å². The lowest BCUT2D eigenvalue weighted by Crippen LogP contribution is -2.05. The van der Waals surface area contributed by atoms with Crippen molar-refractivity contribution in [3.8, 4) is 0 Å². The van der Waals surface area contributed by atoms with Crippen molar-refractivity contribution < 1.29 is 23.2 Å². The first-order chi connectivity index (χ1) is 7.09. The maximum absolute atomic E-state index is 13.5. The molecule has 2 aromatic rings. The number of aromatic nitrogens is 1. The van der Waals surface area contributed by atoms with Crippen LogP contribution in [0.15, 0.2) is 16.8 Å². The van der Waals surface area contributed by atoms with E-state index >= 15 is 0 Å². The summed E-state index contributed by atoms with van der Waals surface area (Å²) in [5.41, 5.74) is -0.530. The van der Waals surface area contributed by atoms with E-state index in [-0.39, 0.29) is 11.0 Å². The third kappa shape index (κ3) is 1.54. The van der Waals surface area contributed by atoms with Crippen LogP contribution in [0.1, 0.15) is 5.56 Å². The molecule has 6 heteroatoms. The minimum atomic E-state index is -1.30. The molecule has 1 aromatic heterocycles.